The van der Waals surface area contributed by atoms with Crippen LogP contribution < -0.4 is 5.32 Å². The van der Waals surface area contributed by atoms with Crippen LogP contribution in [-0.4, -0.2) is 37.1 Å². The molecule has 0 spiro atoms. The minimum atomic E-state index is 0.706. The molecule has 3 atom stereocenters. The summed E-state index contributed by atoms with van der Waals surface area (Å²) in [5.74, 6) is 1.84. The summed E-state index contributed by atoms with van der Waals surface area (Å²) in [6.45, 7) is 11.9. The van der Waals surface area contributed by atoms with E-state index >= 15 is 0 Å². The Kier molecular flexibility index (Phi) is 8.79. The van der Waals surface area contributed by atoms with Crippen LogP contribution in [0, 0.1) is 11.8 Å². The molecule has 0 bridgehead atoms. The third-order valence-electron chi connectivity index (χ3n) is 5.52. The Balaban J connectivity index is 2.68. The topological polar surface area (TPSA) is 15.3 Å². The predicted octanol–water partition coefficient (Wildman–Crippen LogP) is 4.30. The Labute approximate surface area is 127 Å². The first-order valence-electron chi connectivity index (χ1n) is 9.11. The second-order valence-corrected chi connectivity index (χ2v) is 6.70. The van der Waals surface area contributed by atoms with Gasteiger partial charge in [0.05, 0.1) is 0 Å². The van der Waals surface area contributed by atoms with Crippen molar-refractivity contribution in [2.75, 3.05) is 20.1 Å². The van der Waals surface area contributed by atoms with Crippen LogP contribution in [0.3, 0.4) is 0 Å². The number of hydrogen-bond acceptors (Lipinski definition) is 2. The molecule has 1 aliphatic carbocycles. The number of nitrogens with zero attached hydrogens (tertiary/aromatic N) is 1. The maximum atomic E-state index is 3.60. The minimum Gasteiger partial charge on any atom is -0.315 e. The lowest BCUT2D eigenvalue weighted by Gasteiger charge is -2.43. The van der Waals surface area contributed by atoms with E-state index in [1.165, 1.54) is 58.0 Å². The Morgan fingerprint density at radius 2 is 1.80 bits per heavy atom. The zero-order chi connectivity index (χ0) is 15.0. The highest BCUT2D eigenvalue weighted by Crippen LogP contribution is 2.31. The summed E-state index contributed by atoms with van der Waals surface area (Å²) < 4.78 is 0. The van der Waals surface area contributed by atoms with Crippen molar-refractivity contribution in [2.24, 2.45) is 11.8 Å². The molecular formula is C18H38N2. The van der Waals surface area contributed by atoms with E-state index in [1.807, 2.05) is 0 Å². The largest absolute Gasteiger partial charge is 0.315 e. The van der Waals surface area contributed by atoms with Crippen LogP contribution in [0.2, 0.25) is 0 Å². The summed E-state index contributed by atoms with van der Waals surface area (Å²) in [4.78, 5) is 2.78. The second-order valence-electron chi connectivity index (χ2n) is 6.70. The molecule has 0 radical (unpaired) electrons. The third-order valence-corrected chi connectivity index (χ3v) is 5.52. The molecule has 1 fully saturated rings. The SMILES string of the molecule is CCCC1CCC(NC)C(N(CC)CC(CC)CC)C1. The van der Waals surface area contributed by atoms with Crippen molar-refractivity contribution >= 4 is 0 Å². The van der Waals surface area contributed by atoms with Gasteiger partial charge in [-0.05, 0) is 44.7 Å². The Bertz CT molecular complexity index is 238. The highest BCUT2D eigenvalue weighted by atomic mass is 15.2. The fraction of sp³-hybridized carbons (Fsp3) is 1.00. The molecule has 1 N–H and O–H groups in total. The monoisotopic (exact) mass is 282 g/mol. The molecule has 3 unspecified atom stereocenters. The predicted molar refractivity (Wildman–Crippen MR) is 90.2 cm³/mol. The van der Waals surface area contributed by atoms with Crippen molar-refractivity contribution in [1.82, 2.24) is 10.2 Å². The third kappa shape index (κ3) is 5.04. The van der Waals surface area contributed by atoms with E-state index in [2.05, 4.69) is 45.0 Å². The van der Waals surface area contributed by atoms with Crippen LogP contribution in [0.5, 0.6) is 0 Å². The van der Waals surface area contributed by atoms with Gasteiger partial charge in [0.15, 0.2) is 0 Å². The summed E-state index contributed by atoms with van der Waals surface area (Å²) in [7, 11) is 2.16. The molecular weight excluding hydrogens is 244 g/mol. The van der Waals surface area contributed by atoms with Crippen molar-refractivity contribution in [3.63, 3.8) is 0 Å². The Morgan fingerprint density at radius 1 is 1.10 bits per heavy atom. The maximum Gasteiger partial charge on any atom is 0.0251 e. The first-order chi connectivity index (χ1) is 9.69. The molecule has 0 aromatic heterocycles. The van der Waals surface area contributed by atoms with E-state index in [0.29, 0.717) is 6.04 Å². The molecule has 1 rings (SSSR count). The molecule has 1 aliphatic rings. The number of hydrogen-bond donors (Lipinski definition) is 1. The summed E-state index contributed by atoms with van der Waals surface area (Å²) in [6, 6.07) is 1.47. The first-order valence-corrected chi connectivity index (χ1v) is 9.11. The summed E-state index contributed by atoms with van der Waals surface area (Å²) in [5, 5.41) is 3.60. The molecule has 0 amide bonds. The van der Waals surface area contributed by atoms with Crippen LogP contribution in [0.1, 0.15) is 72.6 Å². The number of rotatable bonds is 9. The highest BCUT2D eigenvalue weighted by molar-refractivity contribution is 4.90. The molecule has 0 saturated heterocycles. The van der Waals surface area contributed by atoms with Crippen molar-refractivity contribution < 1.29 is 0 Å². The molecule has 2 nitrogen and oxygen atoms in total. The van der Waals surface area contributed by atoms with E-state index in [1.54, 1.807) is 0 Å². The lowest BCUT2D eigenvalue weighted by molar-refractivity contribution is 0.0853. The molecule has 120 valence electrons. The number of nitrogens with one attached hydrogen (secondary N) is 1. The average Bonchev–Trinajstić information content (AvgIpc) is 2.49. The molecule has 0 aromatic carbocycles. The van der Waals surface area contributed by atoms with Gasteiger partial charge in [-0.1, -0.05) is 53.4 Å². The Morgan fingerprint density at radius 3 is 2.30 bits per heavy atom. The molecule has 0 aliphatic heterocycles. The van der Waals surface area contributed by atoms with E-state index in [-0.39, 0.29) is 0 Å². The van der Waals surface area contributed by atoms with Gasteiger partial charge in [0.2, 0.25) is 0 Å². The van der Waals surface area contributed by atoms with Gasteiger partial charge in [0.25, 0.3) is 0 Å². The first kappa shape index (κ1) is 18.0. The number of likely N-dealkylation sites (N-methyl/N-ethyl adjacent to an activating group) is 2. The average molecular weight is 283 g/mol. The fourth-order valence-electron chi connectivity index (χ4n) is 4.02. The normalized spacial score (nSPS) is 27.4. The van der Waals surface area contributed by atoms with Gasteiger partial charge in [-0.25, -0.2) is 0 Å². The van der Waals surface area contributed by atoms with Gasteiger partial charge >= 0.3 is 0 Å². The fourth-order valence-corrected chi connectivity index (χ4v) is 4.02. The van der Waals surface area contributed by atoms with Gasteiger partial charge in [-0.2, -0.15) is 0 Å². The van der Waals surface area contributed by atoms with Gasteiger partial charge in [0.1, 0.15) is 0 Å². The van der Waals surface area contributed by atoms with Crippen molar-refractivity contribution in [3.05, 3.63) is 0 Å². The lowest BCUT2D eigenvalue weighted by Crippen LogP contribution is -2.53. The second kappa shape index (κ2) is 9.78. The van der Waals surface area contributed by atoms with E-state index in [4.69, 9.17) is 0 Å². The van der Waals surface area contributed by atoms with Gasteiger partial charge in [-0.15, -0.1) is 0 Å². The standard InChI is InChI=1S/C18H38N2/c1-6-10-16-11-12-17(19-5)18(13-16)20(9-4)14-15(7-2)8-3/h15-19H,6-14H2,1-5H3. The van der Waals surface area contributed by atoms with Gasteiger partial charge in [0, 0.05) is 18.6 Å². The summed E-state index contributed by atoms with van der Waals surface area (Å²) in [5.41, 5.74) is 0. The smallest absolute Gasteiger partial charge is 0.0251 e. The van der Waals surface area contributed by atoms with Crippen molar-refractivity contribution in [1.29, 1.82) is 0 Å². The van der Waals surface area contributed by atoms with E-state index in [9.17, 15) is 0 Å². The summed E-state index contributed by atoms with van der Waals surface area (Å²) in [6.07, 6.45) is 9.62. The quantitative estimate of drug-likeness (QED) is 0.678. The molecule has 2 heteroatoms. The highest BCUT2D eigenvalue weighted by Gasteiger charge is 2.33. The zero-order valence-corrected chi connectivity index (χ0v) is 14.6. The van der Waals surface area contributed by atoms with Crippen molar-refractivity contribution in [3.8, 4) is 0 Å². The van der Waals surface area contributed by atoms with Crippen LogP contribution in [0.4, 0.5) is 0 Å². The van der Waals surface area contributed by atoms with Crippen LogP contribution in [0.25, 0.3) is 0 Å². The van der Waals surface area contributed by atoms with Gasteiger partial charge in [-0.3, -0.25) is 4.90 Å². The Hall–Kier alpha value is -0.0800. The molecule has 0 aromatic rings. The van der Waals surface area contributed by atoms with Gasteiger partial charge < -0.3 is 5.32 Å². The van der Waals surface area contributed by atoms with E-state index < -0.39 is 0 Å². The van der Waals surface area contributed by atoms with Crippen LogP contribution in [0.15, 0.2) is 0 Å². The maximum absolute atomic E-state index is 3.60. The summed E-state index contributed by atoms with van der Waals surface area (Å²) >= 11 is 0. The van der Waals surface area contributed by atoms with Crippen LogP contribution in [-0.2, 0) is 0 Å². The van der Waals surface area contributed by atoms with E-state index in [0.717, 1.165) is 17.9 Å². The van der Waals surface area contributed by atoms with Crippen molar-refractivity contribution in [2.45, 2.75) is 84.7 Å². The molecule has 0 heterocycles. The molecule has 20 heavy (non-hydrogen) atoms. The zero-order valence-electron chi connectivity index (χ0n) is 14.6. The van der Waals surface area contributed by atoms with Crippen LogP contribution >= 0.6 is 0 Å². The minimum absolute atomic E-state index is 0.706. The molecule has 1 saturated carbocycles. The lowest BCUT2D eigenvalue weighted by atomic mass is 9.79.